The summed E-state index contributed by atoms with van der Waals surface area (Å²) in [6.45, 7) is 3.34. The molecule has 1 aliphatic rings. The molecule has 5 nitrogen and oxygen atoms in total. The minimum Gasteiger partial charge on any atom is -0.258 e. The minimum atomic E-state index is -0.545. The zero-order valence-corrected chi connectivity index (χ0v) is 5.02. The first kappa shape index (κ1) is 6.47. The molecule has 0 unspecified atom stereocenters. The lowest BCUT2D eigenvalue weighted by Gasteiger charge is -1.86. The van der Waals surface area contributed by atoms with Crippen LogP contribution in [0.4, 0.5) is 0 Å². The number of hydrogen-bond acceptors (Lipinski definition) is 3. The molecule has 0 spiro atoms. The van der Waals surface area contributed by atoms with Gasteiger partial charge in [-0.2, -0.15) is 5.10 Å². The number of nitro groups is 1. The highest BCUT2D eigenvalue weighted by Crippen LogP contribution is 2.07. The Morgan fingerprint density at radius 3 is 2.90 bits per heavy atom. The van der Waals surface area contributed by atoms with E-state index >= 15 is 0 Å². The Bertz CT molecular complexity index is 241. The molecule has 1 radical (unpaired) electrons. The third-order valence-corrected chi connectivity index (χ3v) is 0.998. The molecule has 0 aromatic rings. The summed E-state index contributed by atoms with van der Waals surface area (Å²) in [4.78, 5) is 9.57. The van der Waals surface area contributed by atoms with Crippen LogP contribution in [0, 0.1) is 10.1 Å². The highest BCUT2D eigenvalue weighted by Gasteiger charge is 2.19. The lowest BCUT2D eigenvalue weighted by molar-refractivity contribution is -0.414. The predicted octanol–water partition coefficient (Wildman–Crippen LogP) is 0.264. The third-order valence-electron chi connectivity index (χ3n) is 0.998. The van der Waals surface area contributed by atoms with E-state index < -0.39 is 4.92 Å². The van der Waals surface area contributed by atoms with Gasteiger partial charge in [0.2, 0.25) is 0 Å². The Balaban J connectivity index is 2.97. The first-order valence-electron chi connectivity index (χ1n) is 2.51. The van der Waals surface area contributed by atoms with Crippen molar-refractivity contribution in [1.82, 2.24) is 5.43 Å². The maximum Gasteiger partial charge on any atom is 0.316 e. The molecule has 1 rings (SSSR count). The summed E-state index contributed by atoms with van der Waals surface area (Å²) in [5, 5.41) is 13.5. The van der Waals surface area contributed by atoms with Crippen LogP contribution in [-0.4, -0.2) is 11.1 Å². The first-order valence-corrected chi connectivity index (χ1v) is 2.51. The Labute approximate surface area is 56.9 Å². The van der Waals surface area contributed by atoms with Crippen molar-refractivity contribution in [3.05, 3.63) is 34.2 Å². The maximum absolute atomic E-state index is 10.1. The van der Waals surface area contributed by atoms with Crippen molar-refractivity contribution in [3.63, 3.8) is 0 Å². The fourth-order valence-corrected chi connectivity index (χ4v) is 0.549. The van der Waals surface area contributed by atoms with Crippen LogP contribution in [0.25, 0.3) is 0 Å². The van der Waals surface area contributed by atoms with E-state index in [1.807, 2.05) is 0 Å². The van der Waals surface area contributed by atoms with Gasteiger partial charge in [0.05, 0.1) is 4.92 Å². The van der Waals surface area contributed by atoms with E-state index in [1.54, 1.807) is 0 Å². The molecule has 5 heteroatoms. The van der Waals surface area contributed by atoms with E-state index in [9.17, 15) is 10.1 Å². The highest BCUT2D eigenvalue weighted by atomic mass is 16.6. The van der Waals surface area contributed by atoms with Gasteiger partial charge in [0.1, 0.15) is 6.21 Å². The van der Waals surface area contributed by atoms with Gasteiger partial charge in [-0.05, 0) is 6.08 Å². The van der Waals surface area contributed by atoms with Crippen LogP contribution in [0.15, 0.2) is 29.2 Å². The fraction of sp³-hybridized carbons (Fsp3) is 0. The monoisotopic (exact) mass is 138 g/mol. The number of nitrogens with zero attached hydrogens (tertiary/aromatic N) is 3. The molecule has 51 valence electrons. The molecule has 0 saturated carbocycles. The van der Waals surface area contributed by atoms with E-state index in [1.165, 1.54) is 6.08 Å². The van der Waals surface area contributed by atoms with Crippen LogP contribution in [-0.2, 0) is 0 Å². The summed E-state index contributed by atoms with van der Waals surface area (Å²) < 4.78 is 0. The summed E-state index contributed by atoms with van der Waals surface area (Å²) in [5.41, 5.74) is 3.56. The van der Waals surface area contributed by atoms with Crippen LogP contribution in [0.5, 0.6) is 0 Å². The second-order valence-corrected chi connectivity index (χ2v) is 1.58. The molecule has 0 atom stereocenters. The van der Waals surface area contributed by atoms with E-state index in [0.717, 1.165) is 6.21 Å². The molecule has 0 N–H and O–H groups in total. The lowest BCUT2D eigenvalue weighted by Crippen LogP contribution is -2.01. The Kier molecular flexibility index (Phi) is 1.49. The van der Waals surface area contributed by atoms with Gasteiger partial charge in [-0.25, -0.2) is 0 Å². The topological polar surface area (TPSA) is 69.6 Å². The van der Waals surface area contributed by atoms with Gasteiger partial charge < -0.3 is 0 Å². The molecule has 1 heterocycles. The molecule has 0 aromatic carbocycles. The molecule has 0 fully saturated rings. The van der Waals surface area contributed by atoms with Crippen molar-refractivity contribution in [3.8, 4) is 0 Å². The van der Waals surface area contributed by atoms with E-state index in [0.29, 0.717) is 0 Å². The van der Waals surface area contributed by atoms with Crippen molar-refractivity contribution < 1.29 is 4.92 Å². The average Bonchev–Trinajstić information content (AvgIpc) is 2.33. The quantitative estimate of drug-likeness (QED) is 0.405. The van der Waals surface area contributed by atoms with Crippen LogP contribution in [0.3, 0.4) is 0 Å². The molecule has 10 heavy (non-hydrogen) atoms. The SMILES string of the molecule is C=CC1=C([N+](=O)[O-])C=N[N]1. The summed E-state index contributed by atoms with van der Waals surface area (Å²) in [5.74, 6) is 0. The van der Waals surface area contributed by atoms with Gasteiger partial charge in [-0.15, -0.1) is 5.43 Å². The minimum absolute atomic E-state index is 0.102. The smallest absolute Gasteiger partial charge is 0.258 e. The summed E-state index contributed by atoms with van der Waals surface area (Å²) in [7, 11) is 0. The number of allylic oxidation sites excluding steroid dienone is 2. The number of rotatable bonds is 2. The average molecular weight is 138 g/mol. The van der Waals surface area contributed by atoms with Crippen LogP contribution in [0.1, 0.15) is 0 Å². The van der Waals surface area contributed by atoms with Gasteiger partial charge in [-0.1, -0.05) is 6.58 Å². The number of hydrogen-bond donors (Lipinski definition) is 0. The first-order chi connectivity index (χ1) is 4.75. The second kappa shape index (κ2) is 2.30. The second-order valence-electron chi connectivity index (χ2n) is 1.58. The van der Waals surface area contributed by atoms with Crippen molar-refractivity contribution >= 4 is 6.21 Å². The highest BCUT2D eigenvalue weighted by molar-refractivity contribution is 5.79. The molecule has 0 bridgehead atoms. The van der Waals surface area contributed by atoms with Gasteiger partial charge in [0.25, 0.3) is 0 Å². The summed E-state index contributed by atoms with van der Waals surface area (Å²) in [6, 6.07) is 0. The van der Waals surface area contributed by atoms with Gasteiger partial charge in [0.15, 0.2) is 5.70 Å². The van der Waals surface area contributed by atoms with Gasteiger partial charge in [0, 0.05) is 0 Å². The lowest BCUT2D eigenvalue weighted by atomic mass is 10.3. The van der Waals surface area contributed by atoms with E-state index in [2.05, 4.69) is 17.1 Å². The molecule has 0 amide bonds. The van der Waals surface area contributed by atoms with Crippen molar-refractivity contribution in [1.29, 1.82) is 0 Å². The Hall–Kier alpha value is -1.65. The van der Waals surface area contributed by atoms with Crippen molar-refractivity contribution in [2.75, 3.05) is 0 Å². The predicted molar refractivity (Wildman–Crippen MR) is 34.8 cm³/mol. The third kappa shape index (κ3) is 0.883. The van der Waals surface area contributed by atoms with Gasteiger partial charge in [-0.3, -0.25) is 10.1 Å². The van der Waals surface area contributed by atoms with Crippen LogP contribution in [0.2, 0.25) is 0 Å². The zero-order valence-electron chi connectivity index (χ0n) is 5.02. The van der Waals surface area contributed by atoms with E-state index in [-0.39, 0.29) is 11.4 Å². The zero-order chi connectivity index (χ0) is 7.56. The van der Waals surface area contributed by atoms with E-state index in [4.69, 9.17) is 0 Å². The molecule has 0 saturated heterocycles. The largest absolute Gasteiger partial charge is 0.316 e. The molecule has 0 aromatic heterocycles. The summed E-state index contributed by atoms with van der Waals surface area (Å²) in [6.07, 6.45) is 2.39. The van der Waals surface area contributed by atoms with Crippen molar-refractivity contribution in [2.24, 2.45) is 5.10 Å². The molecule has 0 aliphatic carbocycles. The molecular weight excluding hydrogens is 134 g/mol. The molecular formula is C5H4N3O2. The fourth-order valence-electron chi connectivity index (χ4n) is 0.549. The van der Waals surface area contributed by atoms with Crippen LogP contribution < -0.4 is 5.43 Å². The van der Waals surface area contributed by atoms with Crippen LogP contribution >= 0.6 is 0 Å². The Morgan fingerprint density at radius 1 is 1.80 bits per heavy atom. The standard InChI is InChI=1S/C5H4N3O2/c1-2-4-5(8(9)10)3-6-7-4/h2-3H,1H2. The maximum atomic E-state index is 10.1. The normalized spacial score (nSPS) is 15.2. The van der Waals surface area contributed by atoms with Crippen molar-refractivity contribution in [2.45, 2.75) is 0 Å². The molecule has 1 aliphatic heterocycles. The van der Waals surface area contributed by atoms with Gasteiger partial charge >= 0.3 is 5.70 Å². The summed E-state index contributed by atoms with van der Waals surface area (Å²) >= 11 is 0. The Morgan fingerprint density at radius 2 is 2.50 bits per heavy atom.